The molecule has 0 amide bonds. The maximum atomic E-state index is 6.37. The van der Waals surface area contributed by atoms with Gasteiger partial charge in [-0.15, -0.1) is 0 Å². The van der Waals surface area contributed by atoms with Crippen molar-refractivity contribution in [3.8, 4) is 0 Å². The molecule has 1 heterocycles. The van der Waals surface area contributed by atoms with Crippen molar-refractivity contribution in [2.24, 2.45) is 11.1 Å². The van der Waals surface area contributed by atoms with E-state index in [9.17, 15) is 0 Å². The van der Waals surface area contributed by atoms with Gasteiger partial charge in [-0.2, -0.15) is 0 Å². The van der Waals surface area contributed by atoms with E-state index >= 15 is 0 Å². The summed E-state index contributed by atoms with van der Waals surface area (Å²) in [4.78, 5) is 4.51. The zero-order chi connectivity index (χ0) is 12.6. The smallest absolute Gasteiger partial charge is 0.197 e. The van der Waals surface area contributed by atoms with Crippen LogP contribution in [0.3, 0.4) is 0 Å². The molecular formula is C15H20N2O. The van der Waals surface area contributed by atoms with Crippen LogP contribution < -0.4 is 5.73 Å². The van der Waals surface area contributed by atoms with Gasteiger partial charge in [-0.3, -0.25) is 0 Å². The highest BCUT2D eigenvalue weighted by atomic mass is 16.3. The van der Waals surface area contributed by atoms with Crippen LogP contribution in [-0.2, 0) is 6.42 Å². The van der Waals surface area contributed by atoms with Gasteiger partial charge in [0.1, 0.15) is 5.52 Å². The summed E-state index contributed by atoms with van der Waals surface area (Å²) in [6, 6.07) is 8.02. The number of hydrogen-bond donors (Lipinski definition) is 1. The van der Waals surface area contributed by atoms with Crippen LogP contribution in [-0.4, -0.2) is 11.0 Å². The molecule has 1 unspecified atom stereocenters. The Morgan fingerprint density at radius 3 is 2.78 bits per heavy atom. The van der Waals surface area contributed by atoms with Crippen molar-refractivity contribution in [1.82, 2.24) is 4.98 Å². The predicted octanol–water partition coefficient (Wildman–Crippen LogP) is 3.28. The van der Waals surface area contributed by atoms with Crippen molar-refractivity contribution in [3.05, 3.63) is 30.2 Å². The second-order valence-electron chi connectivity index (χ2n) is 5.75. The van der Waals surface area contributed by atoms with E-state index < -0.39 is 0 Å². The molecule has 0 saturated heterocycles. The van der Waals surface area contributed by atoms with Gasteiger partial charge >= 0.3 is 0 Å². The maximum Gasteiger partial charge on any atom is 0.197 e. The van der Waals surface area contributed by atoms with E-state index in [1.807, 2.05) is 24.3 Å². The molecule has 0 radical (unpaired) electrons. The Balaban J connectivity index is 1.79. The van der Waals surface area contributed by atoms with Crippen molar-refractivity contribution >= 4 is 11.1 Å². The third-order valence-electron chi connectivity index (χ3n) is 4.37. The van der Waals surface area contributed by atoms with Crippen LogP contribution in [0.1, 0.15) is 38.5 Å². The number of nitrogens with zero attached hydrogens (tertiary/aromatic N) is 1. The molecule has 2 N–H and O–H groups in total. The Morgan fingerprint density at radius 2 is 2.06 bits per heavy atom. The summed E-state index contributed by atoms with van der Waals surface area (Å²) in [6.07, 6.45) is 5.81. The third kappa shape index (κ3) is 2.03. The molecule has 0 aliphatic heterocycles. The number of oxazole rings is 1. The first-order valence-electron chi connectivity index (χ1n) is 6.77. The van der Waals surface area contributed by atoms with Gasteiger partial charge in [0.05, 0.1) is 0 Å². The second-order valence-corrected chi connectivity index (χ2v) is 5.75. The molecule has 3 nitrogen and oxygen atoms in total. The molecule has 1 atom stereocenters. The fourth-order valence-corrected chi connectivity index (χ4v) is 3.00. The van der Waals surface area contributed by atoms with Gasteiger partial charge in [0.25, 0.3) is 0 Å². The highest BCUT2D eigenvalue weighted by Gasteiger charge is 2.35. The monoisotopic (exact) mass is 244 g/mol. The summed E-state index contributed by atoms with van der Waals surface area (Å²) in [5.74, 6) is 0.775. The van der Waals surface area contributed by atoms with Gasteiger partial charge in [0.15, 0.2) is 11.5 Å². The van der Waals surface area contributed by atoms with Crippen molar-refractivity contribution in [2.45, 2.75) is 45.1 Å². The number of para-hydroxylation sites is 2. The van der Waals surface area contributed by atoms with E-state index in [-0.39, 0.29) is 11.5 Å². The lowest BCUT2D eigenvalue weighted by Crippen LogP contribution is -2.39. The zero-order valence-electron chi connectivity index (χ0n) is 10.9. The first kappa shape index (κ1) is 11.7. The van der Waals surface area contributed by atoms with Crippen LogP contribution in [0.4, 0.5) is 0 Å². The van der Waals surface area contributed by atoms with Gasteiger partial charge in [0, 0.05) is 12.5 Å². The van der Waals surface area contributed by atoms with Crippen molar-refractivity contribution < 1.29 is 4.42 Å². The highest BCUT2D eigenvalue weighted by Crippen LogP contribution is 2.40. The van der Waals surface area contributed by atoms with Crippen molar-refractivity contribution in [2.75, 3.05) is 0 Å². The van der Waals surface area contributed by atoms with E-state index in [0.29, 0.717) is 0 Å². The van der Waals surface area contributed by atoms with Gasteiger partial charge in [-0.25, -0.2) is 4.98 Å². The Kier molecular flexibility index (Phi) is 2.86. The topological polar surface area (TPSA) is 52.0 Å². The molecule has 1 saturated carbocycles. The van der Waals surface area contributed by atoms with E-state index in [0.717, 1.165) is 23.4 Å². The standard InChI is InChI=1S/C15H20N2O/c1-15(8-4-5-9-15)13(16)10-14-17-11-6-2-3-7-12(11)18-14/h2-3,6-7,13H,4-5,8-10,16H2,1H3. The Morgan fingerprint density at radius 1 is 1.33 bits per heavy atom. The average molecular weight is 244 g/mol. The van der Waals surface area contributed by atoms with Crippen LogP contribution in [0.15, 0.2) is 28.7 Å². The Bertz CT molecular complexity index is 507. The van der Waals surface area contributed by atoms with Gasteiger partial charge in [0.2, 0.25) is 0 Å². The van der Waals surface area contributed by atoms with Crippen molar-refractivity contribution in [3.63, 3.8) is 0 Å². The van der Waals surface area contributed by atoms with E-state index in [1.54, 1.807) is 0 Å². The largest absolute Gasteiger partial charge is 0.441 e. The van der Waals surface area contributed by atoms with E-state index in [4.69, 9.17) is 10.2 Å². The molecule has 1 fully saturated rings. The fraction of sp³-hybridized carbons (Fsp3) is 0.533. The molecule has 1 aromatic heterocycles. The van der Waals surface area contributed by atoms with Crippen LogP contribution in [0, 0.1) is 5.41 Å². The lowest BCUT2D eigenvalue weighted by molar-refractivity contribution is 0.250. The molecule has 0 bridgehead atoms. The van der Waals surface area contributed by atoms with Crippen LogP contribution in [0.5, 0.6) is 0 Å². The maximum absolute atomic E-state index is 6.37. The lowest BCUT2D eigenvalue weighted by Gasteiger charge is -2.30. The van der Waals surface area contributed by atoms with Crippen molar-refractivity contribution in [1.29, 1.82) is 0 Å². The van der Waals surface area contributed by atoms with Gasteiger partial charge in [-0.05, 0) is 30.4 Å². The molecule has 96 valence electrons. The predicted molar refractivity (Wildman–Crippen MR) is 72.3 cm³/mol. The first-order chi connectivity index (χ1) is 8.67. The van der Waals surface area contributed by atoms with Crippen LogP contribution >= 0.6 is 0 Å². The summed E-state index contributed by atoms with van der Waals surface area (Å²) in [5.41, 5.74) is 8.42. The summed E-state index contributed by atoms with van der Waals surface area (Å²) >= 11 is 0. The number of aromatic nitrogens is 1. The summed E-state index contributed by atoms with van der Waals surface area (Å²) < 4.78 is 5.75. The SMILES string of the molecule is CC1(C(N)Cc2nc3ccccc3o2)CCCC1. The van der Waals surface area contributed by atoms with E-state index in [2.05, 4.69) is 11.9 Å². The second kappa shape index (κ2) is 4.39. The molecule has 1 aromatic carbocycles. The average Bonchev–Trinajstić information content (AvgIpc) is 2.95. The Hall–Kier alpha value is -1.35. The highest BCUT2D eigenvalue weighted by molar-refractivity contribution is 5.72. The third-order valence-corrected chi connectivity index (χ3v) is 4.37. The number of nitrogens with two attached hydrogens (primary N) is 1. The minimum atomic E-state index is 0.146. The fourth-order valence-electron chi connectivity index (χ4n) is 3.00. The molecule has 3 heteroatoms. The lowest BCUT2D eigenvalue weighted by atomic mass is 9.79. The first-order valence-corrected chi connectivity index (χ1v) is 6.77. The summed E-state index contributed by atoms with van der Waals surface area (Å²) in [5, 5.41) is 0. The van der Waals surface area contributed by atoms with Gasteiger partial charge < -0.3 is 10.2 Å². The molecule has 2 aromatic rings. The molecule has 3 rings (SSSR count). The number of hydrogen-bond acceptors (Lipinski definition) is 3. The summed E-state index contributed by atoms with van der Waals surface area (Å²) in [6.45, 7) is 2.30. The quantitative estimate of drug-likeness (QED) is 0.901. The number of rotatable bonds is 3. The molecular weight excluding hydrogens is 224 g/mol. The molecule has 0 spiro atoms. The summed E-state index contributed by atoms with van der Waals surface area (Å²) in [7, 11) is 0. The minimum absolute atomic E-state index is 0.146. The normalized spacial score (nSPS) is 20.3. The number of fused-ring (bicyclic) bond motifs is 1. The minimum Gasteiger partial charge on any atom is -0.441 e. The molecule has 1 aliphatic carbocycles. The van der Waals surface area contributed by atoms with Crippen LogP contribution in [0.2, 0.25) is 0 Å². The zero-order valence-corrected chi connectivity index (χ0v) is 10.9. The van der Waals surface area contributed by atoms with E-state index in [1.165, 1.54) is 25.7 Å². The van der Waals surface area contributed by atoms with Gasteiger partial charge in [-0.1, -0.05) is 31.9 Å². The van der Waals surface area contributed by atoms with Crippen LogP contribution in [0.25, 0.3) is 11.1 Å². The molecule has 18 heavy (non-hydrogen) atoms. The molecule has 1 aliphatic rings. The number of benzene rings is 1. The Labute approximate surface area is 107 Å².